The van der Waals surface area contributed by atoms with Crippen LogP contribution in [0, 0.1) is 10.1 Å². The number of amides is 1. The average molecular weight is 329 g/mol. The zero-order valence-corrected chi connectivity index (χ0v) is 13.8. The summed E-state index contributed by atoms with van der Waals surface area (Å²) in [5, 5.41) is 11.0. The summed E-state index contributed by atoms with van der Waals surface area (Å²) in [6.45, 7) is 6.38. The lowest BCUT2D eigenvalue weighted by Crippen LogP contribution is -2.30. The van der Waals surface area contributed by atoms with Crippen molar-refractivity contribution in [2.24, 2.45) is 5.73 Å². The SMILES string of the molecule is CC(C)(C)c1ccc(Cn2cc([N+](=O)[O-])cc(C(N)=O)c2=O)cc1. The van der Waals surface area contributed by atoms with Crippen molar-refractivity contribution in [2.45, 2.75) is 32.7 Å². The van der Waals surface area contributed by atoms with E-state index in [-0.39, 0.29) is 17.6 Å². The predicted octanol–water partition coefficient (Wildman–Crippen LogP) is 2.20. The molecular formula is C17H19N3O4. The molecule has 0 atom stereocenters. The molecule has 7 nitrogen and oxygen atoms in total. The second-order valence-corrected chi connectivity index (χ2v) is 6.61. The number of pyridine rings is 1. The normalized spacial score (nSPS) is 11.3. The number of carbonyl (C=O) groups is 1. The van der Waals surface area contributed by atoms with Crippen LogP contribution in [0.4, 0.5) is 5.69 Å². The van der Waals surface area contributed by atoms with Crippen molar-refractivity contribution < 1.29 is 9.72 Å². The van der Waals surface area contributed by atoms with Gasteiger partial charge in [-0.1, -0.05) is 45.0 Å². The van der Waals surface area contributed by atoms with Crippen molar-refractivity contribution in [2.75, 3.05) is 0 Å². The van der Waals surface area contributed by atoms with Gasteiger partial charge in [-0.2, -0.15) is 0 Å². The van der Waals surface area contributed by atoms with Crippen LogP contribution in [0.1, 0.15) is 42.3 Å². The first-order valence-corrected chi connectivity index (χ1v) is 7.37. The number of aromatic nitrogens is 1. The number of hydrogen-bond donors (Lipinski definition) is 1. The summed E-state index contributed by atoms with van der Waals surface area (Å²) < 4.78 is 1.13. The highest BCUT2D eigenvalue weighted by Gasteiger charge is 2.18. The number of hydrogen-bond acceptors (Lipinski definition) is 4. The number of nitro groups is 1. The molecule has 0 radical (unpaired) electrons. The van der Waals surface area contributed by atoms with Gasteiger partial charge < -0.3 is 10.3 Å². The van der Waals surface area contributed by atoms with Crippen molar-refractivity contribution in [3.8, 4) is 0 Å². The van der Waals surface area contributed by atoms with Crippen molar-refractivity contribution >= 4 is 11.6 Å². The minimum absolute atomic E-state index is 0.0000386. The molecule has 0 fully saturated rings. The Balaban J connectivity index is 2.44. The fourth-order valence-corrected chi connectivity index (χ4v) is 2.32. The topological polar surface area (TPSA) is 108 Å². The fourth-order valence-electron chi connectivity index (χ4n) is 2.32. The number of benzene rings is 1. The second-order valence-electron chi connectivity index (χ2n) is 6.61. The Morgan fingerprint density at radius 3 is 2.29 bits per heavy atom. The van der Waals surface area contributed by atoms with Crippen LogP contribution in [-0.4, -0.2) is 15.4 Å². The van der Waals surface area contributed by atoms with E-state index in [2.05, 4.69) is 20.8 Å². The van der Waals surface area contributed by atoms with Gasteiger partial charge in [0.2, 0.25) is 0 Å². The smallest absolute Gasteiger partial charge is 0.286 e. The van der Waals surface area contributed by atoms with Gasteiger partial charge in [0.15, 0.2) is 0 Å². The van der Waals surface area contributed by atoms with E-state index in [4.69, 9.17) is 5.73 Å². The number of primary amides is 1. The van der Waals surface area contributed by atoms with Crippen LogP contribution in [-0.2, 0) is 12.0 Å². The molecule has 0 unspecified atom stereocenters. The molecule has 0 saturated heterocycles. The highest BCUT2D eigenvalue weighted by atomic mass is 16.6. The minimum Gasteiger partial charge on any atom is -0.365 e. The first kappa shape index (κ1) is 17.4. The molecule has 1 heterocycles. The zero-order valence-electron chi connectivity index (χ0n) is 13.8. The van der Waals surface area contributed by atoms with Gasteiger partial charge in [-0.25, -0.2) is 0 Å². The van der Waals surface area contributed by atoms with Gasteiger partial charge in [0.25, 0.3) is 17.2 Å². The quantitative estimate of drug-likeness (QED) is 0.685. The molecule has 1 aromatic carbocycles. The van der Waals surface area contributed by atoms with Crippen molar-refractivity contribution in [3.63, 3.8) is 0 Å². The van der Waals surface area contributed by atoms with Crippen molar-refractivity contribution in [1.82, 2.24) is 4.57 Å². The molecule has 0 aliphatic carbocycles. The first-order chi connectivity index (χ1) is 11.1. The monoisotopic (exact) mass is 329 g/mol. The molecule has 1 amide bonds. The van der Waals surface area contributed by atoms with Gasteiger partial charge in [-0.15, -0.1) is 0 Å². The standard InChI is InChI=1S/C17H19N3O4/c1-17(2,3)12-6-4-11(5-7-12)9-19-10-13(20(23)24)8-14(15(18)21)16(19)22/h4-8,10H,9H2,1-3H3,(H2,18,21). The van der Waals surface area contributed by atoms with E-state index in [1.807, 2.05) is 24.3 Å². The summed E-state index contributed by atoms with van der Waals surface area (Å²) >= 11 is 0. The van der Waals surface area contributed by atoms with Gasteiger partial charge >= 0.3 is 0 Å². The van der Waals surface area contributed by atoms with Crippen LogP contribution in [0.5, 0.6) is 0 Å². The maximum absolute atomic E-state index is 12.3. The lowest BCUT2D eigenvalue weighted by molar-refractivity contribution is -0.385. The highest BCUT2D eigenvalue weighted by Crippen LogP contribution is 2.22. The van der Waals surface area contributed by atoms with Gasteiger partial charge in [-0.3, -0.25) is 19.7 Å². The zero-order chi connectivity index (χ0) is 18.1. The van der Waals surface area contributed by atoms with Crippen LogP contribution in [0.2, 0.25) is 0 Å². The first-order valence-electron chi connectivity index (χ1n) is 7.37. The lowest BCUT2D eigenvalue weighted by Gasteiger charge is -2.19. The number of nitrogens with zero attached hydrogens (tertiary/aromatic N) is 2. The van der Waals surface area contributed by atoms with Crippen LogP contribution in [0.3, 0.4) is 0 Å². The summed E-state index contributed by atoms with van der Waals surface area (Å²) in [6, 6.07) is 8.52. The molecule has 0 saturated carbocycles. The van der Waals surface area contributed by atoms with E-state index in [0.717, 1.165) is 28.0 Å². The van der Waals surface area contributed by atoms with Gasteiger partial charge in [-0.05, 0) is 16.5 Å². The Labute approximate surface area is 138 Å². The third-order valence-corrected chi connectivity index (χ3v) is 3.72. The number of nitrogens with two attached hydrogens (primary N) is 1. The van der Waals surface area contributed by atoms with Gasteiger partial charge in [0, 0.05) is 6.07 Å². The maximum atomic E-state index is 12.3. The van der Waals surface area contributed by atoms with Crippen LogP contribution in [0.25, 0.3) is 0 Å². The Kier molecular flexibility index (Phi) is 4.54. The predicted molar refractivity (Wildman–Crippen MR) is 90.1 cm³/mol. The Hall–Kier alpha value is -2.96. The van der Waals surface area contributed by atoms with Gasteiger partial charge in [0.05, 0.1) is 17.7 Å². The molecule has 24 heavy (non-hydrogen) atoms. The van der Waals surface area contributed by atoms with E-state index in [0.29, 0.717) is 0 Å². The average Bonchev–Trinajstić information content (AvgIpc) is 2.48. The van der Waals surface area contributed by atoms with E-state index in [1.165, 1.54) is 0 Å². The molecule has 126 valence electrons. The highest BCUT2D eigenvalue weighted by molar-refractivity contribution is 5.92. The third kappa shape index (κ3) is 3.68. The van der Waals surface area contributed by atoms with Gasteiger partial charge in [0.1, 0.15) is 5.56 Å². The molecular weight excluding hydrogens is 310 g/mol. The third-order valence-electron chi connectivity index (χ3n) is 3.72. The molecule has 0 bridgehead atoms. The number of carbonyl (C=O) groups excluding carboxylic acids is 1. The Morgan fingerprint density at radius 1 is 1.25 bits per heavy atom. The number of rotatable bonds is 4. The lowest BCUT2D eigenvalue weighted by atomic mass is 9.87. The maximum Gasteiger partial charge on any atom is 0.286 e. The summed E-state index contributed by atoms with van der Waals surface area (Å²) in [5.74, 6) is -0.986. The van der Waals surface area contributed by atoms with E-state index in [9.17, 15) is 19.7 Å². The minimum atomic E-state index is -0.986. The molecule has 0 aliphatic heterocycles. The summed E-state index contributed by atoms with van der Waals surface area (Å²) in [7, 11) is 0. The van der Waals surface area contributed by atoms with Crippen LogP contribution in [0.15, 0.2) is 41.3 Å². The summed E-state index contributed by atoms with van der Waals surface area (Å²) in [6.07, 6.45) is 1.12. The molecule has 0 aliphatic rings. The molecule has 2 rings (SSSR count). The van der Waals surface area contributed by atoms with Crippen LogP contribution >= 0.6 is 0 Å². The van der Waals surface area contributed by atoms with Crippen molar-refractivity contribution in [3.05, 3.63) is 73.7 Å². The summed E-state index contributed by atoms with van der Waals surface area (Å²) in [4.78, 5) is 33.9. The molecule has 0 spiro atoms. The fraction of sp³-hybridized carbons (Fsp3) is 0.294. The molecule has 7 heteroatoms. The largest absolute Gasteiger partial charge is 0.365 e. The van der Waals surface area contributed by atoms with E-state index in [1.54, 1.807) is 0 Å². The van der Waals surface area contributed by atoms with E-state index < -0.39 is 22.0 Å². The van der Waals surface area contributed by atoms with E-state index >= 15 is 0 Å². The molecule has 2 N–H and O–H groups in total. The van der Waals surface area contributed by atoms with Crippen molar-refractivity contribution in [1.29, 1.82) is 0 Å². The molecule has 2 aromatic rings. The second kappa shape index (κ2) is 6.27. The van der Waals surface area contributed by atoms with Crippen LogP contribution < -0.4 is 11.3 Å². The Bertz CT molecular complexity index is 846. The Morgan fingerprint density at radius 2 is 1.83 bits per heavy atom. The molecule has 1 aromatic heterocycles. The summed E-state index contributed by atoms with van der Waals surface area (Å²) in [5.41, 5.74) is 5.68.